The molecule has 3 nitrogen and oxygen atoms in total. The second kappa shape index (κ2) is 8.63. The maximum Gasteiger partial charge on any atom is 0.126 e. The number of aliphatic hydroxyl groups is 1. The smallest absolute Gasteiger partial charge is 0.126 e. The molecule has 112 valence electrons. The van der Waals surface area contributed by atoms with Gasteiger partial charge in [0.05, 0.1) is 26.3 Å². The largest absolute Gasteiger partial charge is 0.385 e. The lowest BCUT2D eigenvalue weighted by Crippen LogP contribution is -3.13. The molecule has 1 atom stereocenters. The quantitative estimate of drug-likeness (QED) is 0.838. The summed E-state index contributed by atoms with van der Waals surface area (Å²) in [5.41, 5.74) is 1.09. The van der Waals surface area contributed by atoms with E-state index in [1.165, 1.54) is 43.7 Å². The van der Waals surface area contributed by atoms with Crippen molar-refractivity contribution in [1.29, 1.82) is 0 Å². The molecular weight excluding hydrogens is 274 g/mol. The molecule has 0 bridgehead atoms. The molecule has 0 radical (unpaired) electrons. The van der Waals surface area contributed by atoms with Crippen molar-refractivity contribution in [3.8, 4) is 0 Å². The number of quaternary nitrogens is 1. The summed E-state index contributed by atoms with van der Waals surface area (Å²) >= 11 is 5.83. The number of ether oxygens (including phenoxy) is 1. The van der Waals surface area contributed by atoms with Crippen LogP contribution in [0.4, 0.5) is 0 Å². The van der Waals surface area contributed by atoms with Crippen molar-refractivity contribution in [3.63, 3.8) is 0 Å². The van der Waals surface area contributed by atoms with E-state index in [0.717, 1.165) is 17.1 Å². The lowest BCUT2D eigenvalue weighted by Gasteiger charge is -2.20. The van der Waals surface area contributed by atoms with Gasteiger partial charge in [0.25, 0.3) is 0 Å². The first-order chi connectivity index (χ1) is 9.74. The maximum atomic E-state index is 10.0. The first kappa shape index (κ1) is 15.8. The van der Waals surface area contributed by atoms with Crippen LogP contribution in [0.5, 0.6) is 0 Å². The van der Waals surface area contributed by atoms with Crippen LogP contribution in [0.3, 0.4) is 0 Å². The molecule has 0 aliphatic carbocycles. The van der Waals surface area contributed by atoms with Crippen molar-refractivity contribution in [1.82, 2.24) is 0 Å². The fourth-order valence-corrected chi connectivity index (χ4v) is 2.84. The third-order valence-corrected chi connectivity index (χ3v) is 4.08. The van der Waals surface area contributed by atoms with E-state index in [4.69, 9.17) is 16.3 Å². The Labute approximate surface area is 126 Å². The molecule has 1 aliphatic heterocycles. The van der Waals surface area contributed by atoms with Gasteiger partial charge in [0.15, 0.2) is 0 Å². The Morgan fingerprint density at radius 3 is 2.40 bits per heavy atom. The SMILES string of the molecule is O[C@@H](COCc1ccc(Cl)cc1)C[NH+]1CCCCCC1. The van der Waals surface area contributed by atoms with E-state index in [0.29, 0.717) is 13.2 Å². The summed E-state index contributed by atoms with van der Waals surface area (Å²) in [6, 6.07) is 7.62. The van der Waals surface area contributed by atoms with E-state index in [9.17, 15) is 5.11 Å². The van der Waals surface area contributed by atoms with Crippen LogP contribution >= 0.6 is 11.6 Å². The fraction of sp³-hybridized carbons (Fsp3) is 0.625. The first-order valence-electron chi connectivity index (χ1n) is 7.58. The molecule has 0 spiro atoms. The van der Waals surface area contributed by atoms with Crippen molar-refractivity contribution in [3.05, 3.63) is 34.9 Å². The predicted octanol–water partition coefficient (Wildman–Crippen LogP) is 1.68. The number of nitrogens with one attached hydrogen (secondary N) is 1. The summed E-state index contributed by atoms with van der Waals surface area (Å²) in [5.74, 6) is 0. The molecule has 20 heavy (non-hydrogen) atoms. The van der Waals surface area contributed by atoms with Crippen LogP contribution in [0.1, 0.15) is 31.2 Å². The van der Waals surface area contributed by atoms with E-state index in [1.807, 2.05) is 24.3 Å². The Balaban J connectivity index is 1.64. The minimum absolute atomic E-state index is 0.365. The van der Waals surface area contributed by atoms with Gasteiger partial charge in [-0.3, -0.25) is 0 Å². The van der Waals surface area contributed by atoms with Gasteiger partial charge in [-0.25, -0.2) is 0 Å². The molecular formula is C16H25ClNO2+. The third kappa shape index (κ3) is 5.80. The highest BCUT2D eigenvalue weighted by Gasteiger charge is 2.16. The Morgan fingerprint density at radius 2 is 1.75 bits per heavy atom. The molecule has 0 amide bonds. The Bertz CT molecular complexity index is 375. The second-order valence-electron chi connectivity index (χ2n) is 5.66. The highest BCUT2D eigenvalue weighted by atomic mass is 35.5. The van der Waals surface area contributed by atoms with Crippen molar-refractivity contribution in [2.45, 2.75) is 38.4 Å². The van der Waals surface area contributed by atoms with Gasteiger partial charge in [0.1, 0.15) is 12.6 Å². The first-order valence-corrected chi connectivity index (χ1v) is 7.95. The molecule has 1 aromatic rings. The molecule has 1 saturated heterocycles. The fourth-order valence-electron chi connectivity index (χ4n) is 2.72. The normalized spacial score (nSPS) is 18.7. The summed E-state index contributed by atoms with van der Waals surface area (Å²) in [6.45, 7) is 4.12. The van der Waals surface area contributed by atoms with E-state index in [1.54, 1.807) is 0 Å². The van der Waals surface area contributed by atoms with Crippen molar-refractivity contribution >= 4 is 11.6 Å². The van der Waals surface area contributed by atoms with Gasteiger partial charge in [-0.1, -0.05) is 23.7 Å². The zero-order valence-electron chi connectivity index (χ0n) is 12.0. The lowest BCUT2D eigenvalue weighted by molar-refractivity contribution is -0.902. The van der Waals surface area contributed by atoms with Gasteiger partial charge in [0, 0.05) is 5.02 Å². The van der Waals surface area contributed by atoms with Gasteiger partial charge in [-0.15, -0.1) is 0 Å². The summed E-state index contributed by atoms with van der Waals surface area (Å²) < 4.78 is 5.59. The van der Waals surface area contributed by atoms with Crippen molar-refractivity contribution in [2.24, 2.45) is 0 Å². The Morgan fingerprint density at radius 1 is 1.10 bits per heavy atom. The Hall–Kier alpha value is -0.610. The topological polar surface area (TPSA) is 33.9 Å². The molecule has 2 rings (SSSR count). The standard InChI is InChI=1S/C16H24ClNO2/c17-15-7-5-14(6-8-15)12-20-13-16(19)11-18-9-3-1-2-4-10-18/h5-8,16,19H,1-4,9-13H2/p+1/t16-/m1/s1. The minimum Gasteiger partial charge on any atom is -0.385 e. The van der Waals surface area contributed by atoms with E-state index in [-0.39, 0.29) is 6.10 Å². The predicted molar refractivity (Wildman–Crippen MR) is 81.1 cm³/mol. The van der Waals surface area contributed by atoms with Crippen LogP contribution < -0.4 is 4.90 Å². The molecule has 2 N–H and O–H groups in total. The molecule has 0 unspecified atom stereocenters. The molecule has 1 fully saturated rings. The zero-order chi connectivity index (χ0) is 14.2. The van der Waals surface area contributed by atoms with Crippen LogP contribution in [0.15, 0.2) is 24.3 Å². The summed E-state index contributed by atoms with van der Waals surface area (Å²) in [4.78, 5) is 1.52. The van der Waals surface area contributed by atoms with Crippen LogP contribution in [0, 0.1) is 0 Å². The lowest BCUT2D eigenvalue weighted by atomic mass is 10.2. The third-order valence-electron chi connectivity index (χ3n) is 3.83. The number of hydrogen-bond donors (Lipinski definition) is 2. The number of likely N-dealkylation sites (tertiary alicyclic amines) is 1. The van der Waals surface area contributed by atoms with Crippen LogP contribution in [0.2, 0.25) is 5.02 Å². The van der Waals surface area contributed by atoms with Crippen molar-refractivity contribution < 1.29 is 14.7 Å². The molecule has 1 aromatic carbocycles. The van der Waals surface area contributed by atoms with E-state index in [2.05, 4.69) is 0 Å². The number of halogens is 1. The van der Waals surface area contributed by atoms with Gasteiger partial charge in [0.2, 0.25) is 0 Å². The average molecular weight is 299 g/mol. The van der Waals surface area contributed by atoms with E-state index >= 15 is 0 Å². The summed E-state index contributed by atoms with van der Waals surface area (Å²) in [6.07, 6.45) is 4.89. The Kier molecular flexibility index (Phi) is 6.80. The molecule has 4 heteroatoms. The number of hydrogen-bond acceptors (Lipinski definition) is 2. The van der Waals surface area contributed by atoms with Crippen molar-refractivity contribution in [2.75, 3.05) is 26.2 Å². The summed E-state index contributed by atoms with van der Waals surface area (Å²) in [7, 11) is 0. The van der Waals surface area contributed by atoms with Crippen LogP contribution in [0.25, 0.3) is 0 Å². The molecule has 0 saturated carbocycles. The number of rotatable bonds is 6. The number of benzene rings is 1. The minimum atomic E-state index is -0.365. The average Bonchev–Trinajstić information content (AvgIpc) is 2.70. The summed E-state index contributed by atoms with van der Waals surface area (Å²) in [5, 5.41) is 10.8. The van der Waals surface area contributed by atoms with Crippen LogP contribution in [-0.4, -0.2) is 37.5 Å². The second-order valence-corrected chi connectivity index (χ2v) is 6.10. The maximum absolute atomic E-state index is 10.0. The van der Waals surface area contributed by atoms with Gasteiger partial charge in [-0.05, 0) is 43.4 Å². The zero-order valence-corrected chi connectivity index (χ0v) is 12.7. The molecule has 1 heterocycles. The van der Waals surface area contributed by atoms with Gasteiger partial charge in [-0.2, -0.15) is 0 Å². The molecule has 1 aliphatic rings. The highest BCUT2D eigenvalue weighted by molar-refractivity contribution is 6.30. The van der Waals surface area contributed by atoms with Crippen LogP contribution in [-0.2, 0) is 11.3 Å². The highest BCUT2D eigenvalue weighted by Crippen LogP contribution is 2.10. The molecule has 0 aromatic heterocycles. The number of aliphatic hydroxyl groups excluding tert-OH is 1. The van der Waals surface area contributed by atoms with Gasteiger partial charge >= 0.3 is 0 Å². The van der Waals surface area contributed by atoms with Gasteiger partial charge < -0.3 is 14.7 Å². The monoisotopic (exact) mass is 298 g/mol. The van der Waals surface area contributed by atoms with E-state index < -0.39 is 0 Å².